The van der Waals surface area contributed by atoms with Gasteiger partial charge >= 0.3 is 69.0 Å². The van der Waals surface area contributed by atoms with Gasteiger partial charge in [-0.2, -0.15) is 0 Å². The standard InChI is InChI=1S/C20H37O9P.C19H36NO9P.C19H36NO8P.C19H35O9P.C18H34NO9P/c1-11(2)25-10-16-15(9-21)13(5)7-17(16)28-30(23,24)29-20(22)19-18(26-12(3)4)8-14(6)27-19;1-11(2)24-10-19(9-20)16(8-14(6)27-19)28-30(22,23)29-18(21)17-15(25-12(3)4)7-13(5)26-17;1-11(2)24-10-19(20)9-13(5)7-16(19)27-29(22,23)28-18(21)17-15(25-12(3)4)8-14(6)26-17;1-11(2)24-10-19(21)9-13(5)7-16(19)27-29(22,23)28-18(20)17-15(25-12(3)4)8-14(6)26-17;1-9(2)23-8-14-16(15(19)12(6)26-14)27-29(21,22)28-18(20)17-13(24-10(3)4)7-11(5)25-17/h11-19,21H,7-10H2,1-6H3,(H,23,24);11-17H,7-10,20H2,1-6H3,(H,22,23);11-17H,7-10,20H2,1-6H3,(H,22,23);11-17,21H,7-10H2,1-6H3,(H,22,23);9-17H,7-8,19H2,1-6H3,(H,21,22)/p-5/t13-,14-,15?,16-,17+,18+,19-;13-,14-,15+,16+,17-,19+;2*13-,14-,15+,16+,17-,19-;11-,12-,13+,14+,15?,16-,17-/m00000/s1. The van der Waals surface area contributed by atoms with Crippen molar-refractivity contribution in [2.45, 2.75) is 503 Å². The van der Waals surface area contributed by atoms with Gasteiger partial charge in [0.25, 0.3) is 0 Å². The van der Waals surface area contributed by atoms with Crippen LogP contribution in [-0.2, 0) is 173 Å². The number of ether oxygens (including phenoxy) is 17. The maximum atomic E-state index is 12.5. The second-order valence-corrected chi connectivity index (χ2v) is 49.7. The van der Waals surface area contributed by atoms with Gasteiger partial charge in [-0.25, -0.2) is 24.0 Å². The van der Waals surface area contributed by atoms with Crippen molar-refractivity contribution >= 4 is 69.0 Å². The van der Waals surface area contributed by atoms with Crippen LogP contribution in [0.15, 0.2) is 0 Å². The van der Waals surface area contributed by atoms with E-state index in [-0.39, 0.29) is 180 Å². The first-order chi connectivity index (χ1) is 67.8. The lowest BCUT2D eigenvalue weighted by atomic mass is 9.91. The zero-order chi connectivity index (χ0) is 111. The zero-order valence-corrected chi connectivity index (χ0v) is 95.7. The van der Waals surface area contributed by atoms with Crippen molar-refractivity contribution < 1.29 is 207 Å². The summed E-state index contributed by atoms with van der Waals surface area (Å²) in [4.78, 5) is 125. The monoisotopic (exact) mass is 2220 g/mol. The minimum atomic E-state index is -5.04. The molecule has 7 unspecified atom stereocenters. The first-order valence-electron chi connectivity index (χ1n) is 51.5. The molecule has 7 aliphatic heterocycles. The fourth-order valence-electron chi connectivity index (χ4n) is 19.2. The van der Waals surface area contributed by atoms with E-state index in [4.69, 9.17) is 134 Å². The van der Waals surface area contributed by atoms with E-state index in [1.807, 2.05) is 159 Å². The molecule has 3 aliphatic carbocycles. The third kappa shape index (κ3) is 43.2. The largest absolute Gasteiger partial charge is 0.746 e. The van der Waals surface area contributed by atoms with Crippen LogP contribution in [0.25, 0.3) is 0 Å². The number of hydrogen-bond acceptors (Lipinski definition) is 47. The summed E-state index contributed by atoms with van der Waals surface area (Å²) in [5.41, 5.74) is 14.7. The van der Waals surface area contributed by atoms with Crippen LogP contribution in [0.4, 0.5) is 0 Å². The maximum Gasteiger partial charge on any atom is 0.343 e. The molecule has 52 heteroatoms. The van der Waals surface area contributed by atoms with Crippen molar-refractivity contribution in [1.82, 2.24) is 0 Å². The molecule has 47 nitrogen and oxygen atoms in total. The second kappa shape index (κ2) is 58.7. The van der Waals surface area contributed by atoms with E-state index >= 15 is 0 Å². The number of phosphoric ester groups is 5. The molecule has 147 heavy (non-hydrogen) atoms. The molecule has 37 atom stereocenters. The van der Waals surface area contributed by atoms with Gasteiger partial charge in [-0.15, -0.1) is 0 Å². The molecule has 10 rings (SSSR count). The maximum absolute atomic E-state index is 12.5. The summed E-state index contributed by atoms with van der Waals surface area (Å²) in [7, 11) is -25.0. The Hall–Kier alpha value is -2.78. The van der Waals surface area contributed by atoms with Crippen LogP contribution < -0.4 is 41.7 Å². The van der Waals surface area contributed by atoms with Gasteiger partial charge in [0.1, 0.15) is 29.5 Å². The van der Waals surface area contributed by atoms with Gasteiger partial charge in [0.2, 0.25) is 0 Å². The van der Waals surface area contributed by atoms with Gasteiger partial charge in [-0.1, -0.05) is 20.8 Å². The van der Waals surface area contributed by atoms with Crippen LogP contribution in [0.1, 0.15) is 278 Å². The van der Waals surface area contributed by atoms with Crippen LogP contribution in [-0.4, -0.2) is 310 Å². The summed E-state index contributed by atoms with van der Waals surface area (Å²) >= 11 is 0. The Balaban J connectivity index is 0.000000281. The molecule has 10 fully saturated rings. The number of carbonyl (C=O) groups is 5. The molecule has 0 radical (unpaired) electrons. The lowest BCUT2D eigenvalue weighted by Gasteiger charge is -2.36. The van der Waals surface area contributed by atoms with E-state index in [1.54, 1.807) is 48.5 Å². The molecule has 862 valence electrons. The summed E-state index contributed by atoms with van der Waals surface area (Å²) in [5, 5.41) is 20.6. The van der Waals surface area contributed by atoms with Gasteiger partial charge in [0.05, 0.1) is 197 Å². The van der Waals surface area contributed by atoms with Gasteiger partial charge in [0.15, 0.2) is 30.5 Å². The van der Waals surface area contributed by atoms with Crippen LogP contribution in [0.3, 0.4) is 0 Å². The van der Waals surface area contributed by atoms with E-state index in [1.165, 1.54) is 0 Å². The first kappa shape index (κ1) is 133. The number of hydrogen-bond donors (Lipinski definition) is 5. The minimum Gasteiger partial charge on any atom is -0.746 e. The minimum absolute atomic E-state index is 0.0176. The molecule has 8 N–H and O–H groups in total. The molecule has 0 amide bonds. The van der Waals surface area contributed by atoms with E-state index in [2.05, 4.69) is 9.05 Å². The van der Waals surface area contributed by atoms with Gasteiger partial charge < -0.3 is 178 Å². The van der Waals surface area contributed by atoms with Gasteiger partial charge in [-0.3, -0.25) is 22.8 Å². The van der Waals surface area contributed by atoms with Crippen molar-refractivity contribution in [1.29, 1.82) is 0 Å². The van der Waals surface area contributed by atoms with E-state index in [9.17, 15) is 81.5 Å². The predicted molar refractivity (Wildman–Crippen MR) is 519 cm³/mol. The molecule has 0 aromatic rings. The lowest BCUT2D eigenvalue weighted by Crippen LogP contribution is -2.52. The molecule has 0 spiro atoms. The molecule has 0 aromatic carbocycles. The number of aliphatic hydroxyl groups excluding tert-OH is 1. The smallest absolute Gasteiger partial charge is 0.343 e. The summed E-state index contributed by atoms with van der Waals surface area (Å²) < 4.78 is 207. The lowest BCUT2D eigenvalue weighted by molar-refractivity contribution is -0.239. The molecule has 7 saturated heterocycles. The van der Waals surface area contributed by atoms with E-state index in [0.29, 0.717) is 64.2 Å². The van der Waals surface area contributed by atoms with Crippen molar-refractivity contribution in [2.75, 3.05) is 46.2 Å². The number of nitrogens with two attached hydrogens (primary N) is 3. The quantitative estimate of drug-likeness (QED) is 0.0359. The number of aliphatic hydroxyl groups is 2. The first-order valence-corrected chi connectivity index (χ1v) is 58.8. The highest BCUT2D eigenvalue weighted by Crippen LogP contribution is 2.54. The summed E-state index contributed by atoms with van der Waals surface area (Å²) in [6, 6.07) is -0.725. The number of carbonyl (C=O) groups excluding carboxylic acids is 5. The Labute approximate surface area is 867 Å². The highest BCUT2D eigenvalue weighted by atomic mass is 31.2. The number of phosphoric acid groups is 5. The highest BCUT2D eigenvalue weighted by molar-refractivity contribution is 7.47. The van der Waals surface area contributed by atoms with Crippen LogP contribution in [0.2, 0.25) is 0 Å². The third-order valence-corrected chi connectivity index (χ3v) is 30.0. The molecular formula is C95H173N3O44P5-5. The number of rotatable bonds is 47. The molecule has 0 aromatic heterocycles. The fraction of sp³-hybridized carbons (Fsp3) is 0.947. The van der Waals surface area contributed by atoms with Crippen molar-refractivity contribution in [3.05, 3.63) is 0 Å². The van der Waals surface area contributed by atoms with Gasteiger partial charge in [-0.05, 0) is 243 Å². The Kier molecular flexibility index (Phi) is 53.0. The van der Waals surface area contributed by atoms with Crippen LogP contribution >= 0.6 is 39.1 Å². The molecular weight excluding hydrogens is 2040 g/mol. The van der Waals surface area contributed by atoms with E-state index in [0.717, 1.165) is 0 Å². The Bertz CT molecular complexity index is 4080. The fourth-order valence-corrected chi connectivity index (χ4v) is 24.0. The van der Waals surface area contributed by atoms with Gasteiger partial charge in [0, 0.05) is 57.6 Å². The Morgan fingerprint density at radius 3 is 1.02 bits per heavy atom. The predicted octanol–water partition coefficient (Wildman–Crippen LogP) is 8.07. The van der Waals surface area contributed by atoms with Crippen molar-refractivity contribution in [3.63, 3.8) is 0 Å². The summed E-state index contributed by atoms with van der Waals surface area (Å²) in [6.45, 7) is 55.2. The van der Waals surface area contributed by atoms with Crippen molar-refractivity contribution in [3.8, 4) is 0 Å². The normalized spacial score (nSPS) is 36.9. The summed E-state index contributed by atoms with van der Waals surface area (Å²) in [6.07, 6.45) is -12.6. The summed E-state index contributed by atoms with van der Waals surface area (Å²) in [5.74, 6) is -5.56. The molecule has 10 aliphatic rings. The third-order valence-electron chi connectivity index (χ3n) is 25.4. The average Bonchev–Trinajstić information content (AvgIpc) is 1.64. The average molecular weight is 2220 g/mol. The molecule has 3 saturated carbocycles. The SMILES string of the molecule is CC(C)OC[C@@]1(CN)O[C@@H](C)C[C@H]1OP(=O)([O-])OC(=O)[C@H]1O[C@@H](C)C[C@H]1OC(C)C.CC(C)OC[C@@]1(N)C[C@@H](C)C[C@H]1OP(=O)([O-])OC(=O)[C@H]1O[C@@H](C)C[C@H]1OC(C)C.CC(C)OC[C@@]1(O)C[C@@H](C)C[C@H]1OP(=O)([O-])OC(=O)[C@H]1O[C@@H](C)C[C@H]1OC(C)C.CC(C)OC[C@H]1C(CO)[C@@H](C)C[C@H]1OP(=O)([O-])OC(=O)[C@H]1O[C@@H](C)C[C@H]1OC(C)C.CC(C)OC[C@H]1O[C@@H](C)C(N)[C@H]1OP(=O)([O-])OC(=O)[C@H]1O[C@@H](C)C[C@H]1OC(C)C. The van der Waals surface area contributed by atoms with Crippen LogP contribution in [0.5, 0.6) is 0 Å². The van der Waals surface area contributed by atoms with Crippen LogP contribution in [0, 0.1) is 29.6 Å². The topological polar surface area (TPSA) is 654 Å². The second-order valence-electron chi connectivity index (χ2n) is 43.3. The highest BCUT2D eigenvalue weighted by Gasteiger charge is 2.56. The molecule has 7 heterocycles. The molecule has 0 bridgehead atoms. The Morgan fingerprint density at radius 1 is 0.361 bits per heavy atom. The Morgan fingerprint density at radius 2 is 0.673 bits per heavy atom. The van der Waals surface area contributed by atoms with Crippen molar-refractivity contribution in [2.24, 2.45) is 46.8 Å². The van der Waals surface area contributed by atoms with E-state index < -0.39 is 196 Å². The zero-order valence-electron chi connectivity index (χ0n) is 91.3.